The van der Waals surface area contributed by atoms with Crippen molar-refractivity contribution in [3.05, 3.63) is 63.7 Å². The summed E-state index contributed by atoms with van der Waals surface area (Å²) in [5, 5.41) is 10.9. The summed E-state index contributed by atoms with van der Waals surface area (Å²) in [5.74, 6) is 0.0420. The number of nitrogens with one attached hydrogen (secondary N) is 3. The summed E-state index contributed by atoms with van der Waals surface area (Å²) in [6, 6.07) is 12.4. The Hall–Kier alpha value is -2.04. The monoisotopic (exact) mass is 411 g/mol. The maximum Gasteiger partial charge on any atom is 0.251 e. The molecule has 1 aliphatic heterocycles. The third-order valence-corrected chi connectivity index (χ3v) is 6.42. The maximum absolute atomic E-state index is 12.5. The predicted molar refractivity (Wildman–Crippen MR) is 120 cm³/mol. The first-order chi connectivity index (χ1) is 14.2. The van der Waals surface area contributed by atoms with E-state index in [1.165, 1.54) is 30.4 Å². The van der Waals surface area contributed by atoms with E-state index in [2.05, 4.69) is 22.0 Å². The van der Waals surface area contributed by atoms with E-state index in [0.717, 1.165) is 60.6 Å². The number of rotatable bonds is 5. The van der Waals surface area contributed by atoms with Gasteiger partial charge >= 0.3 is 0 Å². The molecular formula is C24H30ClN3O. The molecule has 1 amide bonds. The van der Waals surface area contributed by atoms with Crippen molar-refractivity contribution in [2.75, 3.05) is 18.4 Å². The number of fused-ring (bicyclic) bond motifs is 1. The molecule has 0 bridgehead atoms. The lowest BCUT2D eigenvalue weighted by Gasteiger charge is -2.22. The van der Waals surface area contributed by atoms with E-state index < -0.39 is 0 Å². The molecule has 4 nitrogen and oxygen atoms in total. The van der Waals surface area contributed by atoms with Crippen LogP contribution in [-0.4, -0.2) is 25.0 Å². The van der Waals surface area contributed by atoms with Gasteiger partial charge in [0.15, 0.2) is 0 Å². The zero-order valence-electron chi connectivity index (χ0n) is 16.9. The summed E-state index contributed by atoms with van der Waals surface area (Å²) in [4.78, 5) is 12.5. The highest BCUT2D eigenvalue weighted by Crippen LogP contribution is 2.31. The smallest absolute Gasteiger partial charge is 0.251 e. The summed E-state index contributed by atoms with van der Waals surface area (Å²) in [6.45, 7) is 2.68. The molecule has 2 aromatic carbocycles. The SMILES string of the molecule is O=C(NC1CCCCC1)c1ccc(CNc2c(Cl)ccc3c2CCNCC3)cc1. The minimum absolute atomic E-state index is 0.0420. The molecule has 3 N–H and O–H groups in total. The standard InChI is InChI=1S/C24H30ClN3O/c25-22-11-10-18-12-14-26-15-13-21(18)23(22)27-16-17-6-8-19(9-7-17)24(29)28-20-4-2-1-3-5-20/h6-11,20,26-27H,1-5,12-16H2,(H,28,29). The van der Waals surface area contributed by atoms with Crippen LogP contribution in [0.15, 0.2) is 36.4 Å². The second-order valence-electron chi connectivity index (χ2n) is 8.17. The molecule has 154 valence electrons. The number of hydrogen-bond donors (Lipinski definition) is 3. The van der Waals surface area contributed by atoms with Crippen molar-refractivity contribution in [1.29, 1.82) is 0 Å². The van der Waals surface area contributed by atoms with Gasteiger partial charge in [0.05, 0.1) is 10.7 Å². The van der Waals surface area contributed by atoms with Gasteiger partial charge in [-0.2, -0.15) is 0 Å². The summed E-state index contributed by atoms with van der Waals surface area (Å²) in [5.41, 5.74) is 5.62. The number of anilines is 1. The first kappa shape index (κ1) is 20.2. The van der Waals surface area contributed by atoms with E-state index in [9.17, 15) is 4.79 Å². The van der Waals surface area contributed by atoms with Crippen molar-refractivity contribution in [2.45, 2.75) is 57.5 Å². The quantitative estimate of drug-likeness (QED) is 0.668. The minimum atomic E-state index is 0.0420. The van der Waals surface area contributed by atoms with Crippen LogP contribution in [0.5, 0.6) is 0 Å². The average Bonchev–Trinajstić information content (AvgIpc) is 3.00. The highest BCUT2D eigenvalue weighted by Gasteiger charge is 2.17. The molecule has 0 radical (unpaired) electrons. The molecule has 0 atom stereocenters. The van der Waals surface area contributed by atoms with Crippen molar-refractivity contribution in [1.82, 2.24) is 10.6 Å². The Bertz CT molecular complexity index is 844. The first-order valence-electron chi connectivity index (χ1n) is 10.9. The summed E-state index contributed by atoms with van der Waals surface area (Å²) in [6.07, 6.45) is 7.95. The normalized spacial score (nSPS) is 17.3. The van der Waals surface area contributed by atoms with Crippen molar-refractivity contribution < 1.29 is 4.79 Å². The van der Waals surface area contributed by atoms with Crippen LogP contribution < -0.4 is 16.0 Å². The summed E-state index contributed by atoms with van der Waals surface area (Å²) in [7, 11) is 0. The van der Waals surface area contributed by atoms with Crippen molar-refractivity contribution in [3.8, 4) is 0 Å². The Balaban J connectivity index is 1.39. The fraction of sp³-hybridized carbons (Fsp3) is 0.458. The van der Waals surface area contributed by atoms with Gasteiger partial charge < -0.3 is 16.0 Å². The summed E-state index contributed by atoms with van der Waals surface area (Å²) >= 11 is 6.50. The van der Waals surface area contributed by atoms with E-state index in [4.69, 9.17) is 11.6 Å². The number of carbonyl (C=O) groups excluding carboxylic acids is 1. The van der Waals surface area contributed by atoms with Crippen molar-refractivity contribution >= 4 is 23.2 Å². The van der Waals surface area contributed by atoms with Crippen LogP contribution in [0.2, 0.25) is 5.02 Å². The highest BCUT2D eigenvalue weighted by atomic mass is 35.5. The molecule has 4 rings (SSSR count). The lowest BCUT2D eigenvalue weighted by Crippen LogP contribution is -2.36. The molecule has 0 unspecified atom stereocenters. The number of amides is 1. The molecule has 0 saturated heterocycles. The van der Waals surface area contributed by atoms with Crippen LogP contribution in [-0.2, 0) is 19.4 Å². The second kappa shape index (κ2) is 9.64. The van der Waals surface area contributed by atoms with Crippen LogP contribution in [0.4, 0.5) is 5.69 Å². The molecule has 5 heteroatoms. The Morgan fingerprint density at radius 1 is 1.00 bits per heavy atom. The Morgan fingerprint density at radius 3 is 2.55 bits per heavy atom. The fourth-order valence-corrected chi connectivity index (χ4v) is 4.66. The van der Waals surface area contributed by atoms with Gasteiger partial charge in [-0.15, -0.1) is 0 Å². The van der Waals surface area contributed by atoms with E-state index in [0.29, 0.717) is 12.6 Å². The van der Waals surface area contributed by atoms with Crippen molar-refractivity contribution in [3.63, 3.8) is 0 Å². The maximum atomic E-state index is 12.5. The number of halogens is 1. The molecule has 1 heterocycles. The molecule has 0 spiro atoms. The van der Waals surface area contributed by atoms with Gasteiger partial charge in [-0.05, 0) is 73.7 Å². The van der Waals surface area contributed by atoms with E-state index >= 15 is 0 Å². The molecule has 0 aromatic heterocycles. The topological polar surface area (TPSA) is 53.2 Å². The number of carbonyl (C=O) groups is 1. The van der Waals surface area contributed by atoms with Gasteiger partial charge in [-0.1, -0.05) is 49.1 Å². The van der Waals surface area contributed by atoms with Gasteiger partial charge in [0.2, 0.25) is 0 Å². The fourth-order valence-electron chi connectivity index (χ4n) is 4.41. The first-order valence-corrected chi connectivity index (χ1v) is 11.2. The lowest BCUT2D eigenvalue weighted by atomic mass is 9.95. The largest absolute Gasteiger partial charge is 0.380 e. The van der Waals surface area contributed by atoms with Gasteiger partial charge in [-0.25, -0.2) is 0 Å². The molecule has 29 heavy (non-hydrogen) atoms. The predicted octanol–water partition coefficient (Wildman–Crippen LogP) is 4.70. The third-order valence-electron chi connectivity index (χ3n) is 6.11. The van der Waals surface area contributed by atoms with Crippen LogP contribution in [0, 0.1) is 0 Å². The molecule has 2 aromatic rings. The van der Waals surface area contributed by atoms with Gasteiger partial charge in [0.25, 0.3) is 5.91 Å². The molecular weight excluding hydrogens is 382 g/mol. The highest BCUT2D eigenvalue weighted by molar-refractivity contribution is 6.33. The molecule has 1 fully saturated rings. The van der Waals surface area contributed by atoms with Crippen molar-refractivity contribution in [2.24, 2.45) is 0 Å². The Labute approximate surface area is 178 Å². The van der Waals surface area contributed by atoms with E-state index in [1.807, 2.05) is 30.3 Å². The Morgan fingerprint density at radius 2 is 1.76 bits per heavy atom. The number of hydrogen-bond acceptors (Lipinski definition) is 3. The Kier molecular flexibility index (Phi) is 6.73. The lowest BCUT2D eigenvalue weighted by molar-refractivity contribution is 0.0927. The minimum Gasteiger partial charge on any atom is -0.380 e. The van der Waals surface area contributed by atoms with E-state index in [1.54, 1.807) is 0 Å². The van der Waals surface area contributed by atoms with Crippen LogP contribution in [0.25, 0.3) is 0 Å². The molecule has 1 aliphatic carbocycles. The summed E-state index contributed by atoms with van der Waals surface area (Å²) < 4.78 is 0. The van der Waals surface area contributed by atoms with Gasteiger partial charge in [0, 0.05) is 18.2 Å². The van der Waals surface area contributed by atoms with Gasteiger partial charge in [-0.3, -0.25) is 4.79 Å². The zero-order valence-corrected chi connectivity index (χ0v) is 17.7. The average molecular weight is 412 g/mol. The third kappa shape index (κ3) is 5.12. The molecule has 1 saturated carbocycles. The zero-order chi connectivity index (χ0) is 20.1. The van der Waals surface area contributed by atoms with E-state index in [-0.39, 0.29) is 5.91 Å². The second-order valence-corrected chi connectivity index (χ2v) is 8.58. The van der Waals surface area contributed by atoms with Crippen LogP contribution in [0.3, 0.4) is 0 Å². The van der Waals surface area contributed by atoms with Crippen LogP contribution >= 0.6 is 11.6 Å². The number of benzene rings is 2. The van der Waals surface area contributed by atoms with Crippen LogP contribution in [0.1, 0.15) is 59.2 Å². The van der Waals surface area contributed by atoms with Gasteiger partial charge in [0.1, 0.15) is 0 Å². The molecule has 2 aliphatic rings.